The van der Waals surface area contributed by atoms with Crippen molar-refractivity contribution in [3.63, 3.8) is 0 Å². The first-order valence-corrected chi connectivity index (χ1v) is 24.0. The fraction of sp³-hybridized carbons (Fsp3) is 0.323. The minimum absolute atomic E-state index is 0.657. The van der Waals surface area contributed by atoms with E-state index >= 15 is 0 Å². The number of nitrogens with zero attached hydrogens (tertiary/aromatic N) is 7. The summed E-state index contributed by atoms with van der Waals surface area (Å²) < 4.78 is 9.57. The third kappa shape index (κ3) is 6.78. The number of aromatic nitrogens is 7. The Labute approximate surface area is 246 Å². The Hall–Kier alpha value is -3.73. The monoisotopic (exact) mass is 658 g/mol. The second kappa shape index (κ2) is 12.8. The van der Waals surface area contributed by atoms with Gasteiger partial charge in [-0.15, -0.1) is 0 Å². The van der Waals surface area contributed by atoms with Gasteiger partial charge in [0.15, 0.2) is 0 Å². The Balaban J connectivity index is 1.38. The normalized spacial score (nSPS) is 11.5. The van der Waals surface area contributed by atoms with E-state index in [0.29, 0.717) is 13.1 Å². The first-order chi connectivity index (χ1) is 19.9. The number of aryl methyl sites for hydroxylation is 1. The number of tetrazole rings is 1. The first-order valence-electron chi connectivity index (χ1n) is 14.1. The second-order valence-corrected chi connectivity index (χ2v) is 24.8. The van der Waals surface area contributed by atoms with Gasteiger partial charge in [0.05, 0.1) is 7.11 Å². The van der Waals surface area contributed by atoms with E-state index in [0.717, 1.165) is 64.9 Å². The maximum atomic E-state index is 5.28. The molecule has 3 aromatic carbocycles. The van der Waals surface area contributed by atoms with Gasteiger partial charge in [-0.25, -0.2) is 0 Å². The average molecular weight is 657 g/mol. The molecule has 0 amide bonds. The second-order valence-electron chi connectivity index (χ2n) is 11.2. The summed E-state index contributed by atoms with van der Waals surface area (Å²) in [5, 5.41) is 25.3. The Bertz CT molecular complexity index is 1570. The number of hydrogen-bond donors (Lipinski definition) is 1. The molecule has 1 N–H and O–H groups in total. The standard InChI is InChI=1S/C28H29N8O.3CH3.Sn/c1-3-4-9-26-30-33-28(29-18-20-12-16-23(37-2)17-13-20)36(26)19-21-10-14-22(15-11-21)24-7-5-6-8-25(24)27-31-34-35-32-27;;;;/h5-8,10-17H,3-4,9,18-19H2,1-2H3,(H-,29,31,32,33,34,35);3*1H3;/q-1;;;;+1. The van der Waals surface area contributed by atoms with E-state index in [1.807, 2.05) is 12.1 Å². The van der Waals surface area contributed by atoms with Gasteiger partial charge in [-0.3, -0.25) is 0 Å². The number of rotatable bonds is 12. The fourth-order valence-corrected chi connectivity index (χ4v) is 7.95. The molecule has 0 fully saturated rings. The molecule has 5 aromatic rings. The molecular formula is C31H38N8OSn. The van der Waals surface area contributed by atoms with Gasteiger partial charge in [-0.1, -0.05) is 25.5 Å². The van der Waals surface area contributed by atoms with Crippen LogP contribution in [0.1, 0.15) is 36.7 Å². The van der Waals surface area contributed by atoms with Crippen LogP contribution < -0.4 is 10.1 Å². The molecule has 0 aliphatic rings. The summed E-state index contributed by atoms with van der Waals surface area (Å²) >= 11 is -2.57. The zero-order valence-corrected chi connectivity index (χ0v) is 27.4. The quantitative estimate of drug-likeness (QED) is 0.158. The summed E-state index contributed by atoms with van der Waals surface area (Å²) in [5.41, 5.74) is 5.66. The molecule has 0 saturated carbocycles. The summed E-state index contributed by atoms with van der Waals surface area (Å²) in [4.78, 5) is 6.93. The van der Waals surface area contributed by atoms with Crippen LogP contribution in [0.3, 0.4) is 0 Å². The van der Waals surface area contributed by atoms with Crippen LogP contribution in [0, 0.1) is 0 Å². The Morgan fingerprint density at radius 2 is 1.54 bits per heavy atom. The van der Waals surface area contributed by atoms with E-state index in [1.54, 1.807) is 7.11 Å². The molecule has 0 aliphatic carbocycles. The number of anilines is 1. The van der Waals surface area contributed by atoms with Crippen molar-refractivity contribution in [1.29, 1.82) is 0 Å². The topological polar surface area (TPSA) is 95.6 Å². The molecule has 0 unspecified atom stereocenters. The van der Waals surface area contributed by atoms with Gasteiger partial charge >= 0.3 is 173 Å². The molecule has 2 aromatic heterocycles. The molecule has 212 valence electrons. The Kier molecular flexibility index (Phi) is 9.02. The molecule has 2 heterocycles. The SMILES string of the molecule is CCCCc1nnc(NCc2ccc(OC)cc2)n1Cc1ccc(-c2ccccc2-c2nnn[n]2[Sn]([CH3])([CH3])[CH3])cc1. The van der Waals surface area contributed by atoms with Crippen molar-refractivity contribution in [3.8, 4) is 28.3 Å². The van der Waals surface area contributed by atoms with Gasteiger partial charge in [0.1, 0.15) is 5.75 Å². The number of nitrogens with one attached hydrogen (secondary N) is 1. The van der Waals surface area contributed by atoms with Crippen molar-refractivity contribution >= 4 is 24.6 Å². The van der Waals surface area contributed by atoms with Crippen molar-refractivity contribution in [1.82, 2.24) is 33.2 Å². The van der Waals surface area contributed by atoms with E-state index in [2.05, 4.69) is 121 Å². The summed E-state index contributed by atoms with van der Waals surface area (Å²) in [5.74, 6) is 3.48. The number of hydrogen-bond acceptors (Lipinski definition) is 7. The predicted molar refractivity (Wildman–Crippen MR) is 165 cm³/mol. The van der Waals surface area contributed by atoms with E-state index in [1.165, 1.54) is 5.56 Å². The molecule has 0 aliphatic heterocycles. The maximum absolute atomic E-state index is 5.28. The zero-order valence-electron chi connectivity index (χ0n) is 24.5. The van der Waals surface area contributed by atoms with Crippen LogP contribution in [0.5, 0.6) is 5.75 Å². The van der Waals surface area contributed by atoms with Gasteiger partial charge in [0, 0.05) is 6.54 Å². The third-order valence-corrected chi connectivity index (χ3v) is 11.6. The van der Waals surface area contributed by atoms with Gasteiger partial charge in [-0.05, 0) is 24.1 Å². The molecule has 9 nitrogen and oxygen atoms in total. The van der Waals surface area contributed by atoms with E-state index in [4.69, 9.17) is 4.74 Å². The molecule has 0 spiro atoms. The molecule has 0 bridgehead atoms. The van der Waals surface area contributed by atoms with Crippen LogP contribution in [0.2, 0.25) is 14.8 Å². The Morgan fingerprint density at radius 3 is 2.22 bits per heavy atom. The zero-order chi connectivity index (χ0) is 28.8. The van der Waals surface area contributed by atoms with Crippen LogP contribution >= 0.6 is 0 Å². The molecule has 0 radical (unpaired) electrons. The van der Waals surface area contributed by atoms with Crippen molar-refractivity contribution in [2.24, 2.45) is 0 Å². The fourth-order valence-electron chi connectivity index (χ4n) is 4.79. The summed E-state index contributed by atoms with van der Waals surface area (Å²) in [6.45, 7) is 3.54. The van der Waals surface area contributed by atoms with Gasteiger partial charge in [0.25, 0.3) is 0 Å². The number of methoxy groups -OCH3 is 1. The molecular weight excluding hydrogens is 619 g/mol. The number of unbranched alkanes of at least 4 members (excludes halogenated alkanes) is 1. The minimum atomic E-state index is -2.57. The van der Waals surface area contributed by atoms with Crippen molar-refractivity contribution in [2.45, 2.75) is 54.1 Å². The summed E-state index contributed by atoms with van der Waals surface area (Å²) in [6, 6.07) is 25.2. The Morgan fingerprint density at radius 1 is 0.829 bits per heavy atom. The van der Waals surface area contributed by atoms with Crippen molar-refractivity contribution in [3.05, 3.63) is 89.7 Å². The number of ether oxygens (including phenoxy) is 1. The van der Waals surface area contributed by atoms with E-state index in [-0.39, 0.29) is 0 Å². The first kappa shape index (κ1) is 28.8. The van der Waals surface area contributed by atoms with Crippen molar-refractivity contribution in [2.75, 3.05) is 12.4 Å². The van der Waals surface area contributed by atoms with E-state index < -0.39 is 18.7 Å². The molecule has 5 rings (SSSR count). The predicted octanol–water partition coefficient (Wildman–Crippen LogP) is 6.29. The molecule has 41 heavy (non-hydrogen) atoms. The molecule has 10 heteroatoms. The van der Waals surface area contributed by atoms with Crippen molar-refractivity contribution < 1.29 is 4.74 Å². The molecule has 0 saturated heterocycles. The third-order valence-electron chi connectivity index (χ3n) is 7.07. The van der Waals surface area contributed by atoms with Crippen LogP contribution in [0.4, 0.5) is 5.95 Å². The average Bonchev–Trinajstić information content (AvgIpc) is 3.63. The van der Waals surface area contributed by atoms with Gasteiger partial charge in [0.2, 0.25) is 0 Å². The van der Waals surface area contributed by atoms with Crippen LogP contribution in [-0.4, -0.2) is 59.0 Å². The molecule has 0 atom stereocenters. The van der Waals surface area contributed by atoms with E-state index in [9.17, 15) is 0 Å². The van der Waals surface area contributed by atoms with Gasteiger partial charge in [-0.2, -0.15) is 0 Å². The van der Waals surface area contributed by atoms with Crippen LogP contribution in [-0.2, 0) is 19.5 Å². The van der Waals surface area contributed by atoms with Crippen LogP contribution in [0.15, 0.2) is 72.8 Å². The van der Waals surface area contributed by atoms with Gasteiger partial charge < -0.3 is 4.74 Å². The summed E-state index contributed by atoms with van der Waals surface area (Å²) in [6.07, 6.45) is 3.08. The summed E-state index contributed by atoms with van der Waals surface area (Å²) in [7, 11) is 1.68. The van der Waals surface area contributed by atoms with Crippen LogP contribution in [0.25, 0.3) is 22.5 Å². The number of benzene rings is 3.